The molecule has 50 heavy (non-hydrogen) atoms. The van der Waals surface area contributed by atoms with Gasteiger partial charge >= 0.3 is 0 Å². The zero-order valence-corrected chi connectivity index (χ0v) is 28.1. The number of para-hydroxylation sites is 2. The molecule has 0 bridgehead atoms. The Morgan fingerprint density at radius 2 is 0.680 bits per heavy atom. The maximum Gasteiger partial charge on any atom is 0.0541 e. The summed E-state index contributed by atoms with van der Waals surface area (Å²) in [6.45, 7) is 0. The van der Waals surface area contributed by atoms with Crippen LogP contribution < -0.4 is 0 Å². The molecule has 0 fully saturated rings. The molecule has 1 nitrogen and oxygen atoms in total. The van der Waals surface area contributed by atoms with Gasteiger partial charge in [-0.15, -0.1) is 11.3 Å². The van der Waals surface area contributed by atoms with Gasteiger partial charge in [-0.05, 0) is 105 Å². The summed E-state index contributed by atoms with van der Waals surface area (Å²) in [5.74, 6) is 0. The molecule has 2 heterocycles. The van der Waals surface area contributed by atoms with Gasteiger partial charge in [0.05, 0.1) is 11.0 Å². The number of hydrogen-bond donors (Lipinski definition) is 0. The second kappa shape index (κ2) is 11.7. The van der Waals surface area contributed by atoms with E-state index in [0.29, 0.717) is 0 Å². The Bertz CT molecular complexity index is 2800. The third-order valence-corrected chi connectivity index (χ3v) is 11.2. The van der Waals surface area contributed by atoms with Gasteiger partial charge in [0.15, 0.2) is 0 Å². The lowest BCUT2D eigenvalue weighted by molar-refractivity contribution is 1.18. The number of thiophene rings is 1. The van der Waals surface area contributed by atoms with Crippen LogP contribution in [0.15, 0.2) is 188 Å². The van der Waals surface area contributed by atoms with E-state index in [1.165, 1.54) is 92.2 Å². The van der Waals surface area contributed by atoms with Crippen molar-refractivity contribution in [3.8, 4) is 50.2 Å². The van der Waals surface area contributed by atoms with E-state index in [-0.39, 0.29) is 0 Å². The number of benzene rings is 8. The summed E-state index contributed by atoms with van der Waals surface area (Å²) in [7, 11) is 0. The fourth-order valence-electron chi connectivity index (χ4n) is 7.53. The van der Waals surface area contributed by atoms with Crippen LogP contribution in [0.3, 0.4) is 0 Å². The van der Waals surface area contributed by atoms with E-state index >= 15 is 0 Å². The molecule has 2 aromatic heterocycles. The number of nitrogens with zero attached hydrogens (tertiary/aromatic N) is 1. The first-order valence-electron chi connectivity index (χ1n) is 17.1. The summed E-state index contributed by atoms with van der Waals surface area (Å²) in [6, 6.07) is 68.6. The molecule has 0 atom stereocenters. The Balaban J connectivity index is 1.01. The number of fused-ring (bicyclic) bond motifs is 6. The molecular weight excluding hydrogens is 623 g/mol. The standard InChI is InChI=1S/C48H31NS/c1-2-10-32(11-3-1)34-12-8-13-35(28-34)36-14-9-15-37(29-36)39-23-27-48-44(31-39)43-30-38(22-26-47(43)50-48)33-20-24-40(25-21-33)49-45-18-6-4-16-41(45)42-17-5-7-19-46(42)49/h1-31H. The van der Waals surface area contributed by atoms with E-state index in [1.807, 2.05) is 11.3 Å². The molecule has 0 N–H and O–H groups in total. The van der Waals surface area contributed by atoms with E-state index < -0.39 is 0 Å². The fraction of sp³-hybridized carbons (Fsp3) is 0. The average Bonchev–Trinajstić information content (AvgIpc) is 3.73. The second-order valence-electron chi connectivity index (χ2n) is 13.0. The average molecular weight is 654 g/mol. The van der Waals surface area contributed by atoms with Gasteiger partial charge in [0, 0.05) is 36.6 Å². The zero-order valence-electron chi connectivity index (χ0n) is 27.3. The van der Waals surface area contributed by atoms with E-state index in [9.17, 15) is 0 Å². The van der Waals surface area contributed by atoms with Crippen molar-refractivity contribution in [2.75, 3.05) is 0 Å². The molecular formula is C48H31NS. The van der Waals surface area contributed by atoms with Crippen molar-refractivity contribution in [3.05, 3.63) is 188 Å². The van der Waals surface area contributed by atoms with Gasteiger partial charge in [-0.25, -0.2) is 0 Å². The highest BCUT2D eigenvalue weighted by atomic mass is 32.1. The molecule has 10 aromatic rings. The highest BCUT2D eigenvalue weighted by Gasteiger charge is 2.13. The van der Waals surface area contributed by atoms with E-state index in [1.54, 1.807) is 0 Å². The summed E-state index contributed by atoms with van der Waals surface area (Å²) < 4.78 is 5.00. The Morgan fingerprint density at radius 3 is 1.24 bits per heavy atom. The minimum absolute atomic E-state index is 1.17. The summed E-state index contributed by atoms with van der Waals surface area (Å²) in [4.78, 5) is 0. The zero-order chi connectivity index (χ0) is 33.0. The molecule has 0 saturated carbocycles. The Morgan fingerprint density at radius 1 is 0.280 bits per heavy atom. The van der Waals surface area contributed by atoms with E-state index in [4.69, 9.17) is 0 Å². The minimum atomic E-state index is 1.17. The summed E-state index contributed by atoms with van der Waals surface area (Å²) in [5.41, 5.74) is 13.5. The van der Waals surface area contributed by atoms with Crippen LogP contribution in [-0.2, 0) is 0 Å². The van der Waals surface area contributed by atoms with Crippen LogP contribution in [0.4, 0.5) is 0 Å². The molecule has 0 aliphatic carbocycles. The quantitative estimate of drug-likeness (QED) is 0.174. The van der Waals surface area contributed by atoms with Crippen LogP contribution in [0.2, 0.25) is 0 Å². The van der Waals surface area contributed by atoms with Crippen molar-refractivity contribution >= 4 is 53.3 Å². The van der Waals surface area contributed by atoms with Gasteiger partial charge in [0.25, 0.3) is 0 Å². The molecule has 0 aliphatic rings. The SMILES string of the molecule is c1ccc(-c2cccc(-c3cccc(-c4ccc5sc6ccc(-c7ccc(-n8c9ccccc9c9ccccc98)cc7)cc6c5c4)c3)c2)cc1. The highest BCUT2D eigenvalue weighted by molar-refractivity contribution is 7.25. The van der Waals surface area contributed by atoms with Crippen LogP contribution in [0.25, 0.3) is 92.2 Å². The molecule has 2 heteroatoms. The topological polar surface area (TPSA) is 4.93 Å². The lowest BCUT2D eigenvalue weighted by Gasteiger charge is -2.10. The first-order valence-corrected chi connectivity index (χ1v) is 17.9. The molecule has 234 valence electrons. The van der Waals surface area contributed by atoms with E-state index in [2.05, 4.69) is 193 Å². The number of aromatic nitrogens is 1. The first-order chi connectivity index (χ1) is 24.8. The summed E-state index contributed by atoms with van der Waals surface area (Å²) in [6.07, 6.45) is 0. The largest absolute Gasteiger partial charge is 0.309 e. The van der Waals surface area contributed by atoms with Crippen molar-refractivity contribution in [1.29, 1.82) is 0 Å². The predicted molar refractivity (Wildman–Crippen MR) is 215 cm³/mol. The number of rotatable bonds is 5. The maximum absolute atomic E-state index is 2.38. The highest BCUT2D eigenvalue weighted by Crippen LogP contribution is 2.40. The lowest BCUT2D eigenvalue weighted by atomic mass is 9.95. The molecule has 0 saturated heterocycles. The predicted octanol–water partition coefficient (Wildman–Crippen LogP) is 13.8. The summed E-state index contributed by atoms with van der Waals surface area (Å²) in [5, 5.41) is 5.18. The Hall–Kier alpha value is -6.22. The Kier molecular flexibility index (Phi) is 6.75. The third kappa shape index (κ3) is 4.84. The van der Waals surface area contributed by atoms with Crippen LogP contribution in [0, 0.1) is 0 Å². The maximum atomic E-state index is 2.38. The monoisotopic (exact) mass is 653 g/mol. The van der Waals surface area contributed by atoms with Crippen molar-refractivity contribution in [2.45, 2.75) is 0 Å². The summed E-state index contributed by atoms with van der Waals surface area (Å²) >= 11 is 1.87. The van der Waals surface area contributed by atoms with Crippen molar-refractivity contribution < 1.29 is 0 Å². The van der Waals surface area contributed by atoms with Gasteiger partial charge in [-0.3, -0.25) is 0 Å². The van der Waals surface area contributed by atoms with Crippen molar-refractivity contribution in [1.82, 2.24) is 4.57 Å². The number of hydrogen-bond acceptors (Lipinski definition) is 1. The van der Waals surface area contributed by atoms with Gasteiger partial charge in [-0.1, -0.05) is 127 Å². The fourth-order valence-corrected chi connectivity index (χ4v) is 8.59. The normalized spacial score (nSPS) is 11.6. The minimum Gasteiger partial charge on any atom is -0.309 e. The molecule has 0 amide bonds. The van der Waals surface area contributed by atoms with Gasteiger partial charge < -0.3 is 4.57 Å². The molecule has 0 unspecified atom stereocenters. The van der Waals surface area contributed by atoms with Crippen LogP contribution in [-0.4, -0.2) is 4.57 Å². The van der Waals surface area contributed by atoms with Gasteiger partial charge in [0.2, 0.25) is 0 Å². The molecule has 0 spiro atoms. The molecule has 0 radical (unpaired) electrons. The van der Waals surface area contributed by atoms with E-state index in [0.717, 1.165) is 0 Å². The smallest absolute Gasteiger partial charge is 0.0541 e. The van der Waals surface area contributed by atoms with Crippen molar-refractivity contribution in [3.63, 3.8) is 0 Å². The third-order valence-electron chi connectivity index (χ3n) is 10.0. The van der Waals surface area contributed by atoms with Crippen LogP contribution >= 0.6 is 11.3 Å². The van der Waals surface area contributed by atoms with Crippen LogP contribution in [0.5, 0.6) is 0 Å². The van der Waals surface area contributed by atoms with Crippen molar-refractivity contribution in [2.24, 2.45) is 0 Å². The first kappa shape index (κ1) is 28.8. The second-order valence-corrected chi connectivity index (χ2v) is 14.1. The molecule has 0 aliphatic heterocycles. The molecule has 10 rings (SSSR count). The van der Waals surface area contributed by atoms with Crippen LogP contribution in [0.1, 0.15) is 0 Å². The lowest BCUT2D eigenvalue weighted by Crippen LogP contribution is -1.93. The molecule has 8 aromatic carbocycles. The van der Waals surface area contributed by atoms with Gasteiger partial charge in [0.1, 0.15) is 0 Å². The Labute approximate surface area is 295 Å². The van der Waals surface area contributed by atoms with Gasteiger partial charge in [-0.2, -0.15) is 0 Å².